The molecule has 0 amide bonds. The molecule has 0 spiro atoms. The molecule has 0 heteroatoms. The van der Waals surface area contributed by atoms with Gasteiger partial charge in [0.15, 0.2) is 0 Å². The second-order valence-corrected chi connectivity index (χ2v) is 6.22. The van der Waals surface area contributed by atoms with Gasteiger partial charge in [-0.05, 0) is 46.8 Å². The van der Waals surface area contributed by atoms with E-state index in [4.69, 9.17) is 0 Å². The number of hydrogen-bond donors (Lipinski definition) is 0. The van der Waals surface area contributed by atoms with Crippen LogP contribution in [0.25, 0.3) is 0 Å². The fraction of sp³-hybridized carbons (Fsp3) is 1.00. The predicted molar refractivity (Wildman–Crippen MR) is 44.0 cm³/mol. The normalized spacial score (nSPS) is 78.3. The molecule has 4 aliphatic carbocycles. The lowest BCUT2D eigenvalue weighted by Crippen LogP contribution is -2.64. The topological polar surface area (TPSA) is 0 Å². The summed E-state index contributed by atoms with van der Waals surface area (Å²) in [5.74, 6) is 5.90. The van der Waals surface area contributed by atoms with Crippen molar-refractivity contribution in [3.63, 3.8) is 0 Å². The van der Waals surface area contributed by atoms with Crippen molar-refractivity contribution in [2.75, 3.05) is 0 Å². The molecule has 0 aromatic carbocycles. The third-order valence-corrected chi connectivity index (χ3v) is 6.04. The maximum absolute atomic E-state index is 2.56. The van der Waals surface area contributed by atoms with Gasteiger partial charge in [-0.1, -0.05) is 20.8 Å². The zero-order chi connectivity index (χ0) is 7.59. The van der Waals surface area contributed by atoms with Gasteiger partial charge in [-0.25, -0.2) is 0 Å². The van der Waals surface area contributed by atoms with E-state index in [0.29, 0.717) is 0 Å². The second-order valence-electron chi connectivity index (χ2n) is 6.22. The summed E-state index contributed by atoms with van der Waals surface area (Å²) < 4.78 is 0. The summed E-state index contributed by atoms with van der Waals surface area (Å²) in [4.78, 5) is 0. The number of hydrogen-bond acceptors (Lipinski definition) is 0. The largest absolute Gasteiger partial charge is 0.0593 e. The zero-order valence-corrected chi connectivity index (χ0v) is 7.59. The third kappa shape index (κ3) is 0.278. The Balaban J connectivity index is 1.89. The molecular formula is C11H16. The van der Waals surface area contributed by atoms with Crippen LogP contribution in [-0.2, 0) is 0 Å². The van der Waals surface area contributed by atoms with Crippen LogP contribution in [0.2, 0.25) is 0 Å². The Kier molecular flexibility index (Phi) is 0.527. The van der Waals surface area contributed by atoms with Crippen molar-refractivity contribution in [1.29, 1.82) is 0 Å². The van der Waals surface area contributed by atoms with Crippen LogP contribution < -0.4 is 0 Å². The lowest BCUT2D eigenvalue weighted by Gasteiger charge is -2.69. The molecule has 0 heterocycles. The van der Waals surface area contributed by atoms with Gasteiger partial charge in [0.25, 0.3) is 0 Å². The van der Waals surface area contributed by atoms with E-state index in [1.54, 1.807) is 6.42 Å². The van der Waals surface area contributed by atoms with Crippen molar-refractivity contribution in [2.24, 2.45) is 40.4 Å². The first-order valence-corrected chi connectivity index (χ1v) is 5.09. The van der Waals surface area contributed by atoms with Crippen molar-refractivity contribution in [3.8, 4) is 0 Å². The van der Waals surface area contributed by atoms with E-state index >= 15 is 0 Å². The Morgan fingerprint density at radius 1 is 1.09 bits per heavy atom. The summed E-state index contributed by atoms with van der Waals surface area (Å²) in [6.07, 6.45) is 1.59. The predicted octanol–water partition coefficient (Wildman–Crippen LogP) is 2.54. The van der Waals surface area contributed by atoms with Gasteiger partial charge in [-0.3, -0.25) is 0 Å². The highest BCUT2D eigenvalue weighted by atomic mass is 15.0. The lowest BCUT2D eigenvalue weighted by atomic mass is 9.35. The number of fused-ring (bicyclic) bond motifs is 2. The van der Waals surface area contributed by atoms with Crippen molar-refractivity contribution >= 4 is 0 Å². The van der Waals surface area contributed by atoms with E-state index in [-0.39, 0.29) is 0 Å². The maximum Gasteiger partial charge on any atom is -0.0224 e. The van der Waals surface area contributed by atoms with E-state index in [1.165, 1.54) is 17.8 Å². The molecule has 0 aromatic rings. The van der Waals surface area contributed by atoms with Crippen LogP contribution in [0.5, 0.6) is 0 Å². The molecule has 60 valence electrons. The molecule has 4 fully saturated rings. The van der Waals surface area contributed by atoms with Crippen LogP contribution in [0.3, 0.4) is 0 Å². The van der Waals surface area contributed by atoms with Gasteiger partial charge in [0.05, 0.1) is 0 Å². The zero-order valence-electron chi connectivity index (χ0n) is 7.59. The SMILES string of the molecule is CC1(C)[C@@H]2C[C@H]3C4[C@@H]2[C@@H]1[C@]43C. The minimum absolute atomic E-state index is 0.739. The standard InChI is InChI=1S/C11H16/c1-10(2)5-4-6-8-7(5)9(10)11(6,8)3/h5-9H,4H2,1-3H3/t5-,6+,7-,8?,9+,11+/m1/s1. The highest BCUT2D eigenvalue weighted by Crippen LogP contribution is 2.96. The molecule has 6 atom stereocenters. The molecule has 0 nitrogen and oxygen atoms in total. The molecule has 0 bridgehead atoms. The first kappa shape index (κ1) is 5.61. The van der Waals surface area contributed by atoms with Gasteiger partial charge in [0, 0.05) is 0 Å². The van der Waals surface area contributed by atoms with Crippen molar-refractivity contribution in [2.45, 2.75) is 27.2 Å². The monoisotopic (exact) mass is 148 g/mol. The molecule has 0 N–H and O–H groups in total. The molecule has 1 unspecified atom stereocenters. The Hall–Kier alpha value is 0. The molecule has 0 aromatic heterocycles. The van der Waals surface area contributed by atoms with E-state index in [0.717, 1.165) is 22.7 Å². The summed E-state index contributed by atoms with van der Waals surface area (Å²) in [5, 5.41) is 0. The Morgan fingerprint density at radius 3 is 2.18 bits per heavy atom. The maximum atomic E-state index is 2.56. The molecule has 4 saturated carbocycles. The van der Waals surface area contributed by atoms with E-state index < -0.39 is 0 Å². The minimum atomic E-state index is 0.739. The number of rotatable bonds is 0. The van der Waals surface area contributed by atoms with E-state index in [1.807, 2.05) is 0 Å². The molecule has 0 radical (unpaired) electrons. The summed E-state index contributed by atoms with van der Waals surface area (Å²) in [6.45, 7) is 7.57. The minimum Gasteiger partial charge on any atom is -0.0593 e. The van der Waals surface area contributed by atoms with Crippen molar-refractivity contribution in [3.05, 3.63) is 0 Å². The van der Waals surface area contributed by atoms with Crippen LogP contribution in [0.15, 0.2) is 0 Å². The molecule has 4 rings (SSSR count). The highest BCUT2D eigenvalue weighted by molar-refractivity contribution is 5.38. The average molecular weight is 148 g/mol. The summed E-state index contributed by atoms with van der Waals surface area (Å²) in [7, 11) is 0. The third-order valence-electron chi connectivity index (χ3n) is 6.04. The Bertz CT molecular complexity index is 254. The van der Waals surface area contributed by atoms with Gasteiger partial charge >= 0.3 is 0 Å². The molecule has 0 aliphatic heterocycles. The van der Waals surface area contributed by atoms with Gasteiger partial charge in [0.2, 0.25) is 0 Å². The summed E-state index contributed by atoms with van der Waals surface area (Å²) in [6, 6.07) is 0. The first-order chi connectivity index (χ1) is 5.09. The van der Waals surface area contributed by atoms with E-state index in [2.05, 4.69) is 20.8 Å². The van der Waals surface area contributed by atoms with Crippen molar-refractivity contribution < 1.29 is 0 Å². The molecule has 4 aliphatic rings. The fourth-order valence-corrected chi connectivity index (χ4v) is 5.81. The summed E-state index contributed by atoms with van der Waals surface area (Å²) in [5.41, 5.74) is 1.60. The Morgan fingerprint density at radius 2 is 1.82 bits per heavy atom. The van der Waals surface area contributed by atoms with Gasteiger partial charge in [-0.15, -0.1) is 0 Å². The van der Waals surface area contributed by atoms with Gasteiger partial charge in [-0.2, -0.15) is 0 Å². The van der Waals surface area contributed by atoms with E-state index in [9.17, 15) is 0 Å². The highest BCUT2D eigenvalue weighted by Gasteiger charge is 2.91. The lowest BCUT2D eigenvalue weighted by molar-refractivity contribution is -0.219. The van der Waals surface area contributed by atoms with Crippen molar-refractivity contribution in [1.82, 2.24) is 0 Å². The van der Waals surface area contributed by atoms with Crippen LogP contribution in [-0.4, -0.2) is 0 Å². The van der Waals surface area contributed by atoms with Gasteiger partial charge < -0.3 is 0 Å². The fourth-order valence-electron chi connectivity index (χ4n) is 5.81. The molecule has 0 saturated heterocycles. The average Bonchev–Trinajstić information content (AvgIpc) is 2.31. The van der Waals surface area contributed by atoms with Gasteiger partial charge in [0.1, 0.15) is 0 Å². The summed E-state index contributed by atoms with van der Waals surface area (Å²) >= 11 is 0. The first-order valence-electron chi connectivity index (χ1n) is 5.09. The molecule has 11 heavy (non-hydrogen) atoms. The Labute approximate surface area is 68.4 Å². The molecular weight excluding hydrogens is 132 g/mol. The second kappa shape index (κ2) is 1.03. The smallest absolute Gasteiger partial charge is 0.0224 e. The van der Waals surface area contributed by atoms with Crippen LogP contribution in [0, 0.1) is 40.4 Å². The van der Waals surface area contributed by atoms with Crippen LogP contribution >= 0.6 is 0 Å². The van der Waals surface area contributed by atoms with Crippen LogP contribution in [0.1, 0.15) is 27.2 Å². The quantitative estimate of drug-likeness (QED) is 0.495. The van der Waals surface area contributed by atoms with Crippen LogP contribution in [0.4, 0.5) is 0 Å².